The van der Waals surface area contributed by atoms with E-state index < -0.39 is 0 Å². The van der Waals surface area contributed by atoms with Gasteiger partial charge in [-0.2, -0.15) is 5.10 Å². The van der Waals surface area contributed by atoms with E-state index in [4.69, 9.17) is 21.7 Å². The summed E-state index contributed by atoms with van der Waals surface area (Å²) in [7, 11) is 0. The van der Waals surface area contributed by atoms with E-state index in [9.17, 15) is 0 Å². The summed E-state index contributed by atoms with van der Waals surface area (Å²) in [5.74, 6) is 0. The highest BCUT2D eigenvalue weighted by Crippen LogP contribution is 2.45. The highest BCUT2D eigenvalue weighted by molar-refractivity contribution is 6.34. The molecule has 7 rings (SSSR count). The predicted molar refractivity (Wildman–Crippen MR) is 172 cm³/mol. The van der Waals surface area contributed by atoms with Crippen LogP contribution in [-0.2, 0) is 12.0 Å². The fourth-order valence-electron chi connectivity index (χ4n) is 5.96. The van der Waals surface area contributed by atoms with Crippen LogP contribution >= 0.6 is 11.6 Å². The van der Waals surface area contributed by atoms with Crippen molar-refractivity contribution >= 4 is 44.6 Å². The van der Waals surface area contributed by atoms with Crippen LogP contribution in [0.15, 0.2) is 103 Å². The maximum Gasteiger partial charge on any atom is 0.166 e. The number of hydrogen-bond acceptors (Lipinski definition) is 2. The lowest BCUT2D eigenvalue weighted by Crippen LogP contribution is -2.10. The van der Waals surface area contributed by atoms with Crippen molar-refractivity contribution in [2.45, 2.75) is 39.7 Å². The number of fused-ring (bicyclic) bond motifs is 4. The average Bonchev–Trinajstić information content (AvgIpc) is 3.52. The Morgan fingerprint density at radius 2 is 1.41 bits per heavy atom. The van der Waals surface area contributed by atoms with Crippen molar-refractivity contribution < 1.29 is 0 Å². The summed E-state index contributed by atoms with van der Waals surface area (Å²) in [6.07, 6.45) is 0. The van der Waals surface area contributed by atoms with Crippen LogP contribution in [0.1, 0.15) is 33.3 Å². The van der Waals surface area contributed by atoms with Gasteiger partial charge in [-0.3, -0.25) is 0 Å². The molecule has 3 aromatic heterocycles. The normalized spacial score (nSPS) is 12.1. The number of para-hydroxylation sites is 2. The molecule has 0 unspecified atom stereocenters. The number of hydrogen-bond donors (Lipinski definition) is 0. The molecule has 3 heterocycles. The van der Waals surface area contributed by atoms with Crippen molar-refractivity contribution in [3.05, 3.63) is 114 Å². The molecule has 5 heteroatoms. The second kappa shape index (κ2) is 9.60. The third-order valence-electron chi connectivity index (χ3n) is 8.00. The number of halogens is 1. The molecular formula is C36H31ClN4. The molecule has 0 radical (unpaired) electrons. The molecule has 0 bridgehead atoms. The fourth-order valence-corrected chi connectivity index (χ4v) is 6.18. The smallest absolute Gasteiger partial charge is 0.166 e. The molecule has 0 saturated heterocycles. The Labute approximate surface area is 244 Å². The van der Waals surface area contributed by atoms with Gasteiger partial charge in [0.2, 0.25) is 0 Å². The van der Waals surface area contributed by atoms with Crippen molar-refractivity contribution in [3.63, 3.8) is 0 Å². The Morgan fingerprint density at radius 1 is 0.732 bits per heavy atom. The molecule has 0 atom stereocenters. The highest BCUT2D eigenvalue weighted by atomic mass is 35.5. The van der Waals surface area contributed by atoms with E-state index in [1.54, 1.807) is 0 Å². The van der Waals surface area contributed by atoms with E-state index in [1.807, 2.05) is 47.1 Å². The second-order valence-electron chi connectivity index (χ2n) is 11.5. The maximum absolute atomic E-state index is 6.85. The maximum atomic E-state index is 6.85. The van der Waals surface area contributed by atoms with Gasteiger partial charge in [0.15, 0.2) is 5.65 Å². The molecule has 4 nitrogen and oxygen atoms in total. The minimum absolute atomic E-state index is 0.0561. The van der Waals surface area contributed by atoms with E-state index >= 15 is 0 Å². The largest absolute Gasteiger partial charge is 0.325 e. The zero-order valence-corrected chi connectivity index (χ0v) is 24.4. The van der Waals surface area contributed by atoms with E-state index in [2.05, 4.69) is 92.9 Å². The summed E-state index contributed by atoms with van der Waals surface area (Å²) in [5, 5.41) is 9.22. The molecule has 0 spiro atoms. The molecule has 41 heavy (non-hydrogen) atoms. The van der Waals surface area contributed by atoms with Crippen LogP contribution in [0.5, 0.6) is 0 Å². The Kier molecular flexibility index (Phi) is 5.98. The van der Waals surface area contributed by atoms with Crippen LogP contribution < -0.4 is 0 Å². The zero-order valence-electron chi connectivity index (χ0n) is 23.7. The summed E-state index contributed by atoms with van der Waals surface area (Å²) < 4.78 is 4.28. The van der Waals surface area contributed by atoms with Gasteiger partial charge in [0.05, 0.1) is 21.6 Å². The molecule has 0 amide bonds. The molecule has 0 N–H and O–H groups in total. The average molecular weight is 555 g/mol. The lowest BCUT2D eigenvalue weighted by molar-refractivity contribution is 0.590. The quantitative estimate of drug-likeness (QED) is 0.217. The van der Waals surface area contributed by atoms with Crippen LogP contribution in [0.25, 0.3) is 61.0 Å². The molecule has 4 aromatic carbocycles. The predicted octanol–water partition coefficient (Wildman–Crippen LogP) is 9.83. The van der Waals surface area contributed by atoms with Gasteiger partial charge in [0, 0.05) is 28.4 Å². The first-order valence-corrected chi connectivity index (χ1v) is 14.5. The van der Waals surface area contributed by atoms with Gasteiger partial charge in [-0.05, 0) is 47.7 Å². The van der Waals surface area contributed by atoms with Gasteiger partial charge in [0.25, 0.3) is 0 Å². The molecule has 0 saturated carbocycles. The summed E-state index contributed by atoms with van der Waals surface area (Å²) in [6.45, 7) is 9.73. The topological polar surface area (TPSA) is 35.6 Å². The number of nitrogens with zero attached hydrogens (tertiary/aromatic N) is 4. The van der Waals surface area contributed by atoms with Crippen LogP contribution in [-0.4, -0.2) is 19.3 Å². The summed E-state index contributed by atoms with van der Waals surface area (Å²) in [4.78, 5) is 5.40. The molecular weight excluding hydrogens is 524 g/mol. The molecule has 0 aliphatic carbocycles. The first-order chi connectivity index (χ1) is 19.9. The molecule has 0 aliphatic rings. The first kappa shape index (κ1) is 25.6. The Bertz CT molecular complexity index is 2060. The lowest BCUT2D eigenvalue weighted by atomic mass is 9.85. The van der Waals surface area contributed by atoms with Crippen LogP contribution in [0, 0.1) is 0 Å². The van der Waals surface area contributed by atoms with Gasteiger partial charge in [-0.15, -0.1) is 0 Å². The Balaban J connectivity index is 1.72. The minimum atomic E-state index is 0.0561. The third kappa shape index (κ3) is 4.05. The monoisotopic (exact) mass is 554 g/mol. The Morgan fingerprint density at radius 3 is 2.12 bits per heavy atom. The third-order valence-corrected chi connectivity index (χ3v) is 8.33. The van der Waals surface area contributed by atoms with Crippen LogP contribution in [0.4, 0.5) is 0 Å². The number of aromatic nitrogens is 4. The molecule has 202 valence electrons. The minimum Gasteiger partial charge on any atom is -0.325 e. The van der Waals surface area contributed by atoms with Crippen molar-refractivity contribution in [2.75, 3.05) is 0 Å². The van der Waals surface area contributed by atoms with Gasteiger partial charge >= 0.3 is 0 Å². The second-order valence-corrected chi connectivity index (χ2v) is 12.0. The zero-order chi connectivity index (χ0) is 28.3. The summed E-state index contributed by atoms with van der Waals surface area (Å²) in [5.41, 5.74) is 9.23. The van der Waals surface area contributed by atoms with Crippen LogP contribution in [0.3, 0.4) is 0 Å². The number of benzene rings is 4. The van der Waals surface area contributed by atoms with Crippen LogP contribution in [0.2, 0.25) is 5.02 Å². The number of rotatable bonds is 4. The molecule has 0 aliphatic heterocycles. The van der Waals surface area contributed by atoms with E-state index in [0.29, 0.717) is 5.02 Å². The summed E-state index contributed by atoms with van der Waals surface area (Å²) in [6, 6.07) is 35.8. The van der Waals surface area contributed by atoms with Gasteiger partial charge in [-0.25, -0.2) is 9.67 Å². The van der Waals surface area contributed by atoms with Gasteiger partial charge < -0.3 is 4.57 Å². The SMILES string of the molecule is CCn1c2ccccc2c2c(-c3ccc(C(C)(C)C)cc3)c3c(-c4ccccc4Cl)nn(-c4ccccc4)c3nc21. The number of aryl methyl sites for hydroxylation is 1. The fraction of sp³-hybridized carbons (Fsp3) is 0.167. The lowest BCUT2D eigenvalue weighted by Gasteiger charge is -2.19. The van der Waals surface area contributed by atoms with Gasteiger partial charge in [0.1, 0.15) is 11.3 Å². The summed E-state index contributed by atoms with van der Waals surface area (Å²) >= 11 is 6.85. The highest BCUT2D eigenvalue weighted by Gasteiger charge is 2.26. The number of pyridine rings is 1. The van der Waals surface area contributed by atoms with E-state index in [-0.39, 0.29) is 5.41 Å². The van der Waals surface area contributed by atoms with Crippen molar-refractivity contribution in [1.82, 2.24) is 19.3 Å². The van der Waals surface area contributed by atoms with Crippen molar-refractivity contribution in [2.24, 2.45) is 0 Å². The Hall–Kier alpha value is -4.41. The molecule has 7 aromatic rings. The van der Waals surface area contributed by atoms with Crippen molar-refractivity contribution in [3.8, 4) is 28.1 Å². The van der Waals surface area contributed by atoms with Gasteiger partial charge in [-0.1, -0.05) is 111 Å². The standard InChI is InChI=1S/C36H31ClN4/c1-5-40-29-18-12-10-16-27(29)31-30(23-19-21-24(22-20-23)36(2,3)4)32-33(26-15-9-11-17-28(26)37)39-41(35(32)38-34(31)40)25-13-7-6-8-14-25/h6-22H,5H2,1-4H3. The van der Waals surface area contributed by atoms with E-state index in [0.717, 1.165) is 56.7 Å². The van der Waals surface area contributed by atoms with E-state index in [1.165, 1.54) is 16.5 Å². The van der Waals surface area contributed by atoms with Crippen molar-refractivity contribution in [1.29, 1.82) is 0 Å². The first-order valence-electron chi connectivity index (χ1n) is 14.1. The molecule has 0 fully saturated rings.